The molecule has 3 nitrogen and oxygen atoms in total. The van der Waals surface area contributed by atoms with E-state index in [0.29, 0.717) is 18.8 Å². The second kappa shape index (κ2) is 7.59. The minimum absolute atomic E-state index is 0.348. The average molecular weight is 378 g/mol. The molecule has 4 fully saturated rings. The molecular weight excluding hydrogens is 346 g/mol. The Kier molecular flexibility index (Phi) is 5.38. The number of nitrogens with one attached hydrogen (secondary N) is 1. The molecule has 1 aromatic carbocycles. The van der Waals surface area contributed by atoms with E-state index >= 15 is 0 Å². The van der Waals surface area contributed by atoms with Crippen molar-refractivity contribution in [2.45, 2.75) is 70.9 Å². The van der Waals surface area contributed by atoms with E-state index in [1.807, 2.05) is 13.0 Å². The highest BCUT2D eigenvalue weighted by atomic mass is 35.5. The molecule has 26 heavy (non-hydrogen) atoms. The van der Waals surface area contributed by atoms with Gasteiger partial charge in [0.05, 0.1) is 13.2 Å². The fourth-order valence-electron chi connectivity index (χ4n) is 5.92. The monoisotopic (exact) mass is 377 g/mol. The Balaban J connectivity index is 1.48. The average Bonchev–Trinajstić information content (AvgIpc) is 2.59. The Morgan fingerprint density at radius 2 is 1.62 bits per heavy atom. The summed E-state index contributed by atoms with van der Waals surface area (Å²) in [4.78, 5) is 0. The Morgan fingerprint density at radius 1 is 1.00 bits per heavy atom. The van der Waals surface area contributed by atoms with E-state index < -0.39 is 0 Å². The predicted molar refractivity (Wildman–Crippen MR) is 106 cm³/mol. The molecular formula is C22H32ClNO2. The van der Waals surface area contributed by atoms with Gasteiger partial charge in [-0.3, -0.25) is 0 Å². The van der Waals surface area contributed by atoms with Gasteiger partial charge in [-0.15, -0.1) is 0 Å². The van der Waals surface area contributed by atoms with Crippen LogP contribution in [0.1, 0.15) is 64.4 Å². The molecule has 4 heteroatoms. The number of ether oxygens (including phenoxy) is 2. The highest BCUT2D eigenvalue weighted by Crippen LogP contribution is 2.55. The van der Waals surface area contributed by atoms with Gasteiger partial charge in [0, 0.05) is 23.2 Å². The first-order chi connectivity index (χ1) is 12.6. The molecule has 1 N–H and O–H groups in total. The summed E-state index contributed by atoms with van der Waals surface area (Å²) in [5.41, 5.74) is 1.47. The van der Waals surface area contributed by atoms with Gasteiger partial charge in [0.2, 0.25) is 0 Å². The van der Waals surface area contributed by atoms with E-state index in [4.69, 9.17) is 21.1 Å². The zero-order chi connectivity index (χ0) is 18.1. The van der Waals surface area contributed by atoms with Crippen LogP contribution in [0.2, 0.25) is 5.02 Å². The van der Waals surface area contributed by atoms with Crippen LogP contribution < -0.4 is 14.8 Å². The standard InChI is InChI=1S/C22H32ClNO2/c1-3-5-26-21-10-19(23)18(9-20(21)25-4-2)14-24-22-11-15-6-16(12-22)8-17(7-15)13-22/h9-10,15-17,24H,3-8,11-14H2,1-2H3. The number of benzene rings is 1. The van der Waals surface area contributed by atoms with Crippen LogP contribution in [-0.4, -0.2) is 18.8 Å². The summed E-state index contributed by atoms with van der Waals surface area (Å²) in [6.45, 7) is 6.24. The molecule has 0 saturated heterocycles. The highest BCUT2D eigenvalue weighted by molar-refractivity contribution is 6.31. The van der Waals surface area contributed by atoms with Gasteiger partial charge in [-0.05, 0) is 81.3 Å². The lowest BCUT2D eigenvalue weighted by Crippen LogP contribution is -2.58. The van der Waals surface area contributed by atoms with Gasteiger partial charge < -0.3 is 14.8 Å². The number of hydrogen-bond acceptors (Lipinski definition) is 3. The molecule has 0 atom stereocenters. The molecule has 0 heterocycles. The van der Waals surface area contributed by atoms with E-state index in [1.165, 1.54) is 38.5 Å². The van der Waals surface area contributed by atoms with Crippen LogP contribution in [0.15, 0.2) is 12.1 Å². The first kappa shape index (κ1) is 18.4. The van der Waals surface area contributed by atoms with Crippen molar-refractivity contribution in [2.24, 2.45) is 17.8 Å². The summed E-state index contributed by atoms with van der Waals surface area (Å²) in [5.74, 6) is 4.43. The van der Waals surface area contributed by atoms with Crippen molar-refractivity contribution in [3.05, 3.63) is 22.7 Å². The Labute approximate surface area is 162 Å². The maximum absolute atomic E-state index is 6.59. The summed E-state index contributed by atoms with van der Waals surface area (Å²) in [7, 11) is 0. The lowest BCUT2D eigenvalue weighted by Gasteiger charge is -2.57. The van der Waals surface area contributed by atoms with Gasteiger partial charge in [-0.1, -0.05) is 18.5 Å². The minimum Gasteiger partial charge on any atom is -0.490 e. The van der Waals surface area contributed by atoms with Gasteiger partial charge in [0.15, 0.2) is 11.5 Å². The fraction of sp³-hybridized carbons (Fsp3) is 0.727. The largest absolute Gasteiger partial charge is 0.490 e. The highest BCUT2D eigenvalue weighted by Gasteiger charge is 2.50. The number of halogens is 1. The zero-order valence-electron chi connectivity index (χ0n) is 16.2. The minimum atomic E-state index is 0.348. The maximum atomic E-state index is 6.59. The summed E-state index contributed by atoms with van der Waals surface area (Å²) < 4.78 is 11.6. The van der Waals surface area contributed by atoms with Crippen LogP contribution >= 0.6 is 11.6 Å². The topological polar surface area (TPSA) is 30.5 Å². The van der Waals surface area contributed by atoms with Crippen LogP contribution in [-0.2, 0) is 6.54 Å². The van der Waals surface area contributed by atoms with Gasteiger partial charge in [-0.25, -0.2) is 0 Å². The Hall–Kier alpha value is -0.930. The summed E-state index contributed by atoms with van der Waals surface area (Å²) >= 11 is 6.59. The molecule has 144 valence electrons. The Morgan fingerprint density at radius 3 is 2.19 bits per heavy atom. The van der Waals surface area contributed by atoms with Crippen molar-refractivity contribution >= 4 is 11.6 Å². The summed E-state index contributed by atoms with van der Waals surface area (Å²) in [5, 5.41) is 4.71. The third-order valence-electron chi connectivity index (χ3n) is 6.57. The van der Waals surface area contributed by atoms with E-state index in [2.05, 4.69) is 18.3 Å². The summed E-state index contributed by atoms with van der Waals surface area (Å²) in [6, 6.07) is 4.00. The number of rotatable bonds is 8. The molecule has 4 aliphatic carbocycles. The summed E-state index contributed by atoms with van der Waals surface area (Å²) in [6.07, 6.45) is 9.45. The normalized spacial score (nSPS) is 32.0. The van der Waals surface area contributed by atoms with Gasteiger partial charge in [0.25, 0.3) is 0 Å². The van der Waals surface area contributed by atoms with Crippen molar-refractivity contribution in [1.29, 1.82) is 0 Å². The lowest BCUT2D eigenvalue weighted by molar-refractivity contribution is -0.0206. The van der Waals surface area contributed by atoms with Crippen molar-refractivity contribution < 1.29 is 9.47 Å². The predicted octanol–water partition coefficient (Wildman–Crippen LogP) is 5.59. The van der Waals surface area contributed by atoms with E-state index in [9.17, 15) is 0 Å². The second-order valence-electron chi connectivity index (χ2n) is 8.72. The van der Waals surface area contributed by atoms with Gasteiger partial charge in [-0.2, -0.15) is 0 Å². The molecule has 4 aliphatic rings. The molecule has 0 spiro atoms. The number of hydrogen-bond donors (Lipinski definition) is 1. The zero-order valence-corrected chi connectivity index (χ0v) is 16.9. The third kappa shape index (κ3) is 3.71. The van der Waals surface area contributed by atoms with Gasteiger partial charge in [0.1, 0.15) is 0 Å². The van der Waals surface area contributed by atoms with Crippen LogP contribution in [0.4, 0.5) is 0 Å². The molecule has 4 bridgehead atoms. The van der Waals surface area contributed by atoms with Crippen LogP contribution in [0.25, 0.3) is 0 Å². The van der Waals surface area contributed by atoms with E-state index in [-0.39, 0.29) is 0 Å². The van der Waals surface area contributed by atoms with Crippen molar-refractivity contribution in [3.8, 4) is 11.5 Å². The fourth-order valence-corrected chi connectivity index (χ4v) is 6.14. The molecule has 4 saturated carbocycles. The first-order valence-electron chi connectivity index (χ1n) is 10.4. The van der Waals surface area contributed by atoms with Crippen molar-refractivity contribution in [2.75, 3.05) is 13.2 Å². The molecule has 0 radical (unpaired) electrons. The molecule has 0 aromatic heterocycles. The first-order valence-corrected chi connectivity index (χ1v) is 10.8. The van der Waals surface area contributed by atoms with E-state index in [0.717, 1.165) is 52.8 Å². The lowest BCUT2D eigenvalue weighted by atomic mass is 9.53. The van der Waals surface area contributed by atoms with Crippen molar-refractivity contribution in [1.82, 2.24) is 5.32 Å². The SMILES string of the molecule is CCCOc1cc(Cl)c(CNC23CC4CC(CC(C4)C2)C3)cc1OCC. The van der Waals surface area contributed by atoms with Crippen molar-refractivity contribution in [3.63, 3.8) is 0 Å². The van der Waals surface area contributed by atoms with Crippen LogP contribution in [0, 0.1) is 17.8 Å². The van der Waals surface area contributed by atoms with E-state index in [1.54, 1.807) is 0 Å². The third-order valence-corrected chi connectivity index (χ3v) is 6.92. The van der Waals surface area contributed by atoms with Crippen LogP contribution in [0.3, 0.4) is 0 Å². The Bertz CT molecular complexity index is 610. The van der Waals surface area contributed by atoms with Gasteiger partial charge >= 0.3 is 0 Å². The molecule has 1 aromatic rings. The molecule has 0 aliphatic heterocycles. The second-order valence-corrected chi connectivity index (χ2v) is 9.13. The molecule has 5 rings (SSSR count). The molecule has 0 amide bonds. The smallest absolute Gasteiger partial charge is 0.162 e. The van der Waals surface area contributed by atoms with Crippen LogP contribution in [0.5, 0.6) is 11.5 Å². The molecule has 0 unspecified atom stereocenters. The maximum Gasteiger partial charge on any atom is 0.162 e. The quantitative estimate of drug-likeness (QED) is 0.640.